The maximum atomic E-state index is 10.5. The fraction of sp³-hybridized carbons (Fsp3) is 0.556. The van der Waals surface area contributed by atoms with Gasteiger partial charge in [-0.1, -0.05) is 49.6 Å². The normalized spacial score (nSPS) is 19.7. The van der Waals surface area contributed by atoms with Gasteiger partial charge in [0, 0.05) is 55.8 Å². The zero-order chi connectivity index (χ0) is 22.9. The highest BCUT2D eigenvalue weighted by atomic mass is 32.2. The molecule has 2 aromatic rings. The molecule has 1 saturated carbocycles. The molecule has 1 aliphatic carbocycles. The van der Waals surface area contributed by atoms with Crippen LogP contribution in [-0.4, -0.2) is 59.9 Å². The maximum absolute atomic E-state index is 10.5. The third kappa shape index (κ3) is 7.05. The first-order chi connectivity index (χ1) is 16.2. The van der Waals surface area contributed by atoms with Gasteiger partial charge in [-0.2, -0.15) is 0 Å². The van der Waals surface area contributed by atoms with E-state index in [0.29, 0.717) is 19.1 Å². The van der Waals surface area contributed by atoms with Crippen LogP contribution in [0.5, 0.6) is 5.75 Å². The van der Waals surface area contributed by atoms with Crippen molar-refractivity contribution in [1.82, 2.24) is 14.8 Å². The van der Waals surface area contributed by atoms with E-state index in [1.807, 2.05) is 24.4 Å². The Morgan fingerprint density at radius 1 is 1.09 bits per heavy atom. The summed E-state index contributed by atoms with van der Waals surface area (Å²) in [4.78, 5) is 21.7. The van der Waals surface area contributed by atoms with Crippen LogP contribution in [0.1, 0.15) is 63.5 Å². The molecule has 0 amide bonds. The molecule has 0 spiro atoms. The molecule has 2 heterocycles. The number of ether oxygens (including phenoxy) is 1. The number of hydrogen-bond acceptors (Lipinski definition) is 6. The van der Waals surface area contributed by atoms with E-state index in [9.17, 15) is 4.79 Å². The molecule has 1 atom stereocenters. The number of piperazine rings is 1. The molecule has 0 bridgehead atoms. The summed E-state index contributed by atoms with van der Waals surface area (Å²) in [5.41, 5.74) is 1.29. The molecule has 5 nitrogen and oxygen atoms in total. The molecule has 33 heavy (non-hydrogen) atoms. The van der Waals surface area contributed by atoms with Gasteiger partial charge in [-0.05, 0) is 49.6 Å². The summed E-state index contributed by atoms with van der Waals surface area (Å²) >= 11 is 1.63. The number of aromatic nitrogens is 1. The van der Waals surface area contributed by atoms with Crippen LogP contribution in [0.25, 0.3) is 0 Å². The number of rotatable bonds is 9. The van der Waals surface area contributed by atoms with Crippen LogP contribution < -0.4 is 4.74 Å². The highest BCUT2D eigenvalue weighted by molar-refractivity contribution is 7.99. The molecule has 1 aromatic carbocycles. The Kier molecular flexibility index (Phi) is 9.21. The summed E-state index contributed by atoms with van der Waals surface area (Å²) in [5, 5.41) is 0.981. The molecular weight excluding hydrogens is 430 g/mol. The maximum Gasteiger partial charge on any atom is 0.123 e. The first kappa shape index (κ1) is 24.2. The quantitative estimate of drug-likeness (QED) is 0.272. The number of aldehydes is 1. The Morgan fingerprint density at radius 3 is 2.58 bits per heavy atom. The van der Waals surface area contributed by atoms with Gasteiger partial charge >= 0.3 is 0 Å². The number of carbonyl (C=O) groups is 1. The van der Waals surface area contributed by atoms with E-state index in [0.717, 1.165) is 41.1 Å². The minimum atomic E-state index is 0.391. The number of benzene rings is 1. The van der Waals surface area contributed by atoms with Gasteiger partial charge in [-0.3, -0.25) is 9.80 Å². The van der Waals surface area contributed by atoms with Crippen LogP contribution in [0.4, 0.5) is 0 Å². The molecule has 1 aromatic heterocycles. The van der Waals surface area contributed by atoms with Crippen molar-refractivity contribution in [3.8, 4) is 5.75 Å². The number of hydrogen-bond donors (Lipinski definition) is 0. The van der Waals surface area contributed by atoms with Gasteiger partial charge < -0.3 is 9.53 Å². The van der Waals surface area contributed by atoms with Crippen molar-refractivity contribution in [2.45, 2.75) is 73.9 Å². The molecule has 0 N–H and O–H groups in total. The molecule has 6 heteroatoms. The SMILES string of the molecule is CC(c1ccc(Sc2cccc(OCCC=O)c2)nc1)N1CCN(C2CCCCCC2)CC1. The Hall–Kier alpha value is -1.89. The first-order valence-corrected chi connectivity index (χ1v) is 13.3. The van der Waals surface area contributed by atoms with E-state index in [1.54, 1.807) is 11.8 Å². The van der Waals surface area contributed by atoms with Crippen molar-refractivity contribution in [1.29, 1.82) is 0 Å². The van der Waals surface area contributed by atoms with Gasteiger partial charge in [-0.25, -0.2) is 4.98 Å². The van der Waals surface area contributed by atoms with Crippen molar-refractivity contribution in [3.63, 3.8) is 0 Å². The van der Waals surface area contributed by atoms with Crippen molar-refractivity contribution in [2.24, 2.45) is 0 Å². The van der Waals surface area contributed by atoms with Gasteiger partial charge in [0.05, 0.1) is 6.61 Å². The lowest BCUT2D eigenvalue weighted by Gasteiger charge is -2.41. The lowest BCUT2D eigenvalue weighted by molar-refractivity contribution is -0.108. The first-order valence-electron chi connectivity index (χ1n) is 12.5. The van der Waals surface area contributed by atoms with Crippen molar-refractivity contribution >= 4 is 18.0 Å². The largest absolute Gasteiger partial charge is 0.493 e. The summed E-state index contributed by atoms with van der Waals surface area (Å²) < 4.78 is 5.62. The second kappa shape index (κ2) is 12.5. The van der Waals surface area contributed by atoms with Crippen molar-refractivity contribution in [2.75, 3.05) is 32.8 Å². The van der Waals surface area contributed by atoms with Crippen molar-refractivity contribution in [3.05, 3.63) is 48.2 Å². The third-order valence-electron chi connectivity index (χ3n) is 7.01. The lowest BCUT2D eigenvalue weighted by atomic mass is 10.0. The second-order valence-electron chi connectivity index (χ2n) is 9.20. The standard InChI is InChI=1S/C27H37N3O2S/c1-22(29-14-16-30(17-15-29)24-8-4-2-3-5-9-24)23-12-13-27(28-21-23)33-26-11-6-10-25(20-26)32-19-7-18-31/h6,10-13,18,20-22,24H,2-5,7-9,14-17,19H2,1H3. The Balaban J connectivity index is 1.28. The predicted octanol–water partition coefficient (Wildman–Crippen LogP) is 5.60. The zero-order valence-corrected chi connectivity index (χ0v) is 20.6. The third-order valence-corrected chi connectivity index (χ3v) is 7.95. The van der Waals surface area contributed by atoms with Gasteiger partial charge in [0.15, 0.2) is 0 Å². The van der Waals surface area contributed by atoms with Crippen molar-refractivity contribution < 1.29 is 9.53 Å². The van der Waals surface area contributed by atoms with Crippen LogP contribution >= 0.6 is 11.8 Å². The Morgan fingerprint density at radius 2 is 1.88 bits per heavy atom. The summed E-state index contributed by atoms with van der Waals surface area (Å²) in [6.07, 6.45) is 11.8. The van der Waals surface area contributed by atoms with Gasteiger partial charge in [0.1, 0.15) is 17.1 Å². The van der Waals surface area contributed by atoms with E-state index in [2.05, 4.69) is 34.9 Å². The minimum Gasteiger partial charge on any atom is -0.493 e. The Labute approximate surface area is 202 Å². The average molecular weight is 468 g/mol. The van der Waals surface area contributed by atoms with Gasteiger partial charge in [0.25, 0.3) is 0 Å². The summed E-state index contributed by atoms with van der Waals surface area (Å²) in [6.45, 7) is 7.40. The zero-order valence-electron chi connectivity index (χ0n) is 19.8. The molecule has 1 unspecified atom stereocenters. The summed E-state index contributed by atoms with van der Waals surface area (Å²) in [7, 11) is 0. The molecule has 2 fully saturated rings. The fourth-order valence-corrected chi connectivity index (χ4v) is 5.80. The average Bonchev–Trinajstić information content (AvgIpc) is 3.14. The minimum absolute atomic E-state index is 0.391. The second-order valence-corrected chi connectivity index (χ2v) is 10.3. The monoisotopic (exact) mass is 467 g/mol. The smallest absolute Gasteiger partial charge is 0.123 e. The number of nitrogens with zero attached hydrogens (tertiary/aromatic N) is 3. The molecule has 0 radical (unpaired) electrons. The van der Waals surface area contributed by atoms with Crippen LogP contribution in [0.3, 0.4) is 0 Å². The lowest BCUT2D eigenvalue weighted by Crippen LogP contribution is -2.50. The van der Waals surface area contributed by atoms with E-state index in [-0.39, 0.29) is 0 Å². The van der Waals surface area contributed by atoms with E-state index in [1.165, 1.54) is 57.2 Å². The van der Waals surface area contributed by atoms with E-state index < -0.39 is 0 Å². The fourth-order valence-electron chi connectivity index (χ4n) is 5.00. The topological polar surface area (TPSA) is 45.7 Å². The van der Waals surface area contributed by atoms with Crippen LogP contribution in [-0.2, 0) is 4.79 Å². The molecule has 2 aliphatic rings. The summed E-state index contributed by atoms with van der Waals surface area (Å²) in [5.74, 6) is 0.787. The van der Waals surface area contributed by atoms with Crippen LogP contribution in [0.15, 0.2) is 52.5 Å². The highest BCUT2D eigenvalue weighted by Gasteiger charge is 2.27. The summed E-state index contributed by atoms with van der Waals surface area (Å²) in [6, 6.07) is 13.5. The molecular formula is C27H37N3O2S. The predicted molar refractivity (Wildman–Crippen MR) is 134 cm³/mol. The van der Waals surface area contributed by atoms with E-state index in [4.69, 9.17) is 9.72 Å². The molecule has 4 rings (SSSR count). The van der Waals surface area contributed by atoms with Gasteiger partial charge in [-0.15, -0.1) is 0 Å². The molecule has 178 valence electrons. The molecule has 1 saturated heterocycles. The number of carbonyl (C=O) groups excluding carboxylic acids is 1. The van der Waals surface area contributed by atoms with Gasteiger partial charge in [0.2, 0.25) is 0 Å². The molecule has 1 aliphatic heterocycles. The highest BCUT2D eigenvalue weighted by Crippen LogP contribution is 2.31. The number of pyridine rings is 1. The van der Waals surface area contributed by atoms with Crippen LogP contribution in [0, 0.1) is 0 Å². The Bertz CT molecular complexity index is 860. The van der Waals surface area contributed by atoms with Crippen LogP contribution in [0.2, 0.25) is 0 Å². The van der Waals surface area contributed by atoms with E-state index >= 15 is 0 Å².